The van der Waals surface area contributed by atoms with Gasteiger partial charge in [-0.3, -0.25) is 0 Å². The van der Waals surface area contributed by atoms with E-state index in [1.54, 1.807) is 12.1 Å². The molecule has 2 aliphatic rings. The summed E-state index contributed by atoms with van der Waals surface area (Å²) in [7, 11) is 0. The van der Waals surface area contributed by atoms with Gasteiger partial charge >= 0.3 is 6.36 Å². The Morgan fingerprint density at radius 3 is 1.92 bits per heavy atom. The lowest BCUT2D eigenvalue weighted by molar-refractivity contribution is -0.276. The first-order valence-corrected chi connectivity index (χ1v) is 14.0. The minimum Gasteiger partial charge on any atom is -0.399 e. The van der Waals surface area contributed by atoms with Crippen molar-refractivity contribution >= 4 is 0 Å². The van der Waals surface area contributed by atoms with Crippen molar-refractivity contribution in [3.63, 3.8) is 0 Å². The second-order valence-electron chi connectivity index (χ2n) is 11.4. The average molecular weight is 523 g/mol. The SMILES string of the molecule is CCCC1CCC(C(C)CC2CCC(c3ccc(-c4cc(F)c(OC(F)(F)F)c(F)c4)cc3)CC2)CC1. The lowest BCUT2D eigenvalue weighted by Crippen LogP contribution is -2.23. The molecule has 0 saturated heterocycles. The zero-order valence-electron chi connectivity index (χ0n) is 21.9. The van der Waals surface area contributed by atoms with Gasteiger partial charge in [0, 0.05) is 0 Å². The number of benzene rings is 2. The molecular weight excluding hydrogens is 483 g/mol. The highest BCUT2D eigenvalue weighted by Gasteiger charge is 2.34. The fourth-order valence-electron chi connectivity index (χ4n) is 6.79. The van der Waals surface area contributed by atoms with E-state index in [0.717, 1.165) is 48.6 Å². The first kappa shape index (κ1) is 27.9. The van der Waals surface area contributed by atoms with E-state index in [4.69, 9.17) is 0 Å². The summed E-state index contributed by atoms with van der Waals surface area (Å²) >= 11 is 0. The normalized spacial score (nSPS) is 25.6. The maximum Gasteiger partial charge on any atom is 0.573 e. The summed E-state index contributed by atoms with van der Waals surface area (Å²) < 4.78 is 68.9. The van der Waals surface area contributed by atoms with Crippen LogP contribution in [0.2, 0.25) is 0 Å². The molecule has 204 valence electrons. The second kappa shape index (κ2) is 12.2. The minimum absolute atomic E-state index is 0.178. The number of ether oxygens (including phenoxy) is 1. The molecule has 2 aromatic carbocycles. The molecule has 2 aliphatic carbocycles. The lowest BCUT2D eigenvalue weighted by atomic mass is 9.70. The molecule has 37 heavy (non-hydrogen) atoms. The van der Waals surface area contributed by atoms with Crippen LogP contribution >= 0.6 is 0 Å². The molecule has 6 heteroatoms. The fraction of sp³-hybridized carbons (Fsp3) is 0.613. The largest absolute Gasteiger partial charge is 0.573 e. The predicted octanol–water partition coefficient (Wildman–Crippen LogP) is 10.4. The molecule has 1 unspecified atom stereocenters. The molecule has 0 heterocycles. The van der Waals surface area contributed by atoms with Gasteiger partial charge < -0.3 is 4.74 Å². The number of rotatable bonds is 8. The zero-order chi connectivity index (χ0) is 26.6. The first-order valence-electron chi connectivity index (χ1n) is 14.0. The van der Waals surface area contributed by atoms with Gasteiger partial charge in [-0.1, -0.05) is 63.8 Å². The van der Waals surface area contributed by atoms with Crippen LogP contribution < -0.4 is 4.74 Å². The highest BCUT2D eigenvalue weighted by atomic mass is 19.4. The molecule has 2 fully saturated rings. The van der Waals surface area contributed by atoms with Gasteiger partial charge in [-0.2, -0.15) is 0 Å². The molecule has 0 aromatic heterocycles. The summed E-state index contributed by atoms with van der Waals surface area (Å²) in [4.78, 5) is 0. The van der Waals surface area contributed by atoms with Crippen LogP contribution in [0.25, 0.3) is 11.1 Å². The summed E-state index contributed by atoms with van der Waals surface area (Å²) in [5, 5.41) is 0. The Bertz CT molecular complexity index is 976. The highest BCUT2D eigenvalue weighted by molar-refractivity contribution is 5.65. The van der Waals surface area contributed by atoms with Gasteiger partial charge in [0.15, 0.2) is 11.6 Å². The van der Waals surface area contributed by atoms with Crippen molar-refractivity contribution < 1.29 is 26.7 Å². The van der Waals surface area contributed by atoms with E-state index in [9.17, 15) is 22.0 Å². The van der Waals surface area contributed by atoms with Crippen LogP contribution in [-0.4, -0.2) is 6.36 Å². The van der Waals surface area contributed by atoms with Crippen molar-refractivity contribution in [2.75, 3.05) is 0 Å². The van der Waals surface area contributed by atoms with Crippen LogP contribution in [0.15, 0.2) is 36.4 Å². The molecule has 1 nitrogen and oxygen atoms in total. The molecule has 0 bridgehead atoms. The second-order valence-corrected chi connectivity index (χ2v) is 11.4. The number of hydrogen-bond acceptors (Lipinski definition) is 1. The van der Waals surface area contributed by atoms with Crippen molar-refractivity contribution in [2.24, 2.45) is 23.7 Å². The predicted molar refractivity (Wildman–Crippen MR) is 137 cm³/mol. The van der Waals surface area contributed by atoms with E-state index < -0.39 is 23.7 Å². The third-order valence-electron chi connectivity index (χ3n) is 8.88. The summed E-state index contributed by atoms with van der Waals surface area (Å²) in [5.41, 5.74) is 1.94. The Morgan fingerprint density at radius 1 is 0.811 bits per heavy atom. The Balaban J connectivity index is 1.29. The molecule has 0 radical (unpaired) electrons. The van der Waals surface area contributed by atoms with Gasteiger partial charge in [-0.15, -0.1) is 13.2 Å². The molecule has 0 N–H and O–H groups in total. The monoisotopic (exact) mass is 522 g/mol. The Morgan fingerprint density at radius 2 is 1.38 bits per heavy atom. The van der Waals surface area contributed by atoms with E-state index in [1.807, 2.05) is 12.1 Å². The van der Waals surface area contributed by atoms with Gasteiger partial charge in [0.05, 0.1) is 0 Å². The maximum absolute atomic E-state index is 14.1. The average Bonchev–Trinajstić information content (AvgIpc) is 2.87. The quantitative estimate of drug-likeness (QED) is 0.313. The highest BCUT2D eigenvalue weighted by Crippen LogP contribution is 2.43. The molecular formula is C31H39F5O. The van der Waals surface area contributed by atoms with Crippen molar-refractivity contribution in [3.8, 4) is 16.9 Å². The fourth-order valence-corrected chi connectivity index (χ4v) is 6.79. The van der Waals surface area contributed by atoms with Crippen LogP contribution in [-0.2, 0) is 0 Å². The molecule has 2 saturated carbocycles. The molecule has 0 aliphatic heterocycles. The first-order chi connectivity index (χ1) is 17.6. The van der Waals surface area contributed by atoms with Gasteiger partial charge in [-0.05, 0) is 103 Å². The van der Waals surface area contributed by atoms with E-state index in [0.29, 0.717) is 11.5 Å². The third-order valence-corrected chi connectivity index (χ3v) is 8.88. The number of hydrogen-bond donors (Lipinski definition) is 0. The van der Waals surface area contributed by atoms with Crippen molar-refractivity contribution in [1.29, 1.82) is 0 Å². The van der Waals surface area contributed by atoms with Crippen LogP contribution in [0.3, 0.4) is 0 Å². The van der Waals surface area contributed by atoms with Crippen molar-refractivity contribution in [3.05, 3.63) is 53.6 Å². The Kier molecular flexibility index (Phi) is 9.18. The van der Waals surface area contributed by atoms with Gasteiger partial charge in [0.1, 0.15) is 0 Å². The summed E-state index contributed by atoms with van der Waals surface area (Å²) in [6.45, 7) is 4.75. The van der Waals surface area contributed by atoms with E-state index in [-0.39, 0.29) is 5.56 Å². The van der Waals surface area contributed by atoms with E-state index in [2.05, 4.69) is 18.6 Å². The van der Waals surface area contributed by atoms with Crippen LogP contribution in [0, 0.1) is 35.3 Å². The Labute approximate surface area is 217 Å². The van der Waals surface area contributed by atoms with E-state index >= 15 is 0 Å². The Hall–Kier alpha value is -2.11. The molecule has 1 atom stereocenters. The smallest absolute Gasteiger partial charge is 0.399 e. The number of alkyl halides is 3. The maximum atomic E-state index is 14.1. The summed E-state index contributed by atoms with van der Waals surface area (Å²) in [6, 6.07) is 9.29. The molecule has 0 spiro atoms. The molecule has 4 rings (SSSR count). The van der Waals surface area contributed by atoms with Crippen molar-refractivity contribution in [2.45, 2.75) is 96.8 Å². The molecule has 0 amide bonds. The lowest BCUT2D eigenvalue weighted by Gasteiger charge is -2.36. The van der Waals surface area contributed by atoms with E-state index in [1.165, 1.54) is 63.4 Å². The number of halogens is 5. The van der Waals surface area contributed by atoms with Gasteiger partial charge in [0.25, 0.3) is 0 Å². The third kappa shape index (κ3) is 7.48. The van der Waals surface area contributed by atoms with Gasteiger partial charge in [0.2, 0.25) is 5.75 Å². The zero-order valence-corrected chi connectivity index (χ0v) is 21.9. The van der Waals surface area contributed by atoms with Crippen molar-refractivity contribution in [1.82, 2.24) is 0 Å². The van der Waals surface area contributed by atoms with Crippen LogP contribution in [0.5, 0.6) is 5.75 Å². The van der Waals surface area contributed by atoms with Gasteiger partial charge in [-0.25, -0.2) is 8.78 Å². The topological polar surface area (TPSA) is 9.23 Å². The molecule has 2 aromatic rings. The minimum atomic E-state index is -5.16. The standard InChI is InChI=1S/C31H39F5O/c1-3-4-21-5-9-23(10-6-21)20(2)17-22-7-11-24(12-8-22)25-13-15-26(16-14-25)27-18-28(32)30(29(33)19-27)37-31(34,35)36/h13-16,18-24H,3-12,17H2,1-2H3. The summed E-state index contributed by atoms with van der Waals surface area (Å²) in [6.07, 6.45) is 9.27. The van der Waals surface area contributed by atoms with Crippen LogP contribution in [0.4, 0.5) is 22.0 Å². The van der Waals surface area contributed by atoms with Crippen LogP contribution in [0.1, 0.15) is 96.0 Å². The summed E-state index contributed by atoms with van der Waals surface area (Å²) in [5.74, 6) is -0.266.